The molecule has 0 aliphatic carbocycles. The van der Waals surface area contributed by atoms with Crippen LogP contribution in [0.2, 0.25) is 0 Å². The zero-order valence-corrected chi connectivity index (χ0v) is 15.0. The van der Waals surface area contributed by atoms with E-state index in [1.54, 1.807) is 6.20 Å². The molecular weight excluding hydrogens is 324 g/mol. The van der Waals surface area contributed by atoms with Gasteiger partial charge in [0.15, 0.2) is 10.7 Å². The Kier molecular flexibility index (Phi) is 4.09. The predicted octanol–water partition coefficient (Wildman–Crippen LogP) is 4.46. The maximum atomic E-state index is 11.2. The smallest absolute Gasteiger partial charge is 0.356 e. The number of fused-ring (bicyclic) bond motifs is 1. The number of hydrogen-bond donors (Lipinski definition) is 1. The number of imidazole rings is 1. The van der Waals surface area contributed by atoms with Crippen molar-refractivity contribution >= 4 is 22.3 Å². The summed E-state index contributed by atoms with van der Waals surface area (Å²) in [6, 6.07) is 6.18. The third-order valence-corrected chi connectivity index (χ3v) is 4.69. The number of nitrogens with zero attached hydrogens (tertiary/aromatic N) is 2. The van der Waals surface area contributed by atoms with Crippen molar-refractivity contribution in [2.24, 2.45) is 0 Å². The number of rotatable bonds is 4. The molecule has 0 spiro atoms. The Balaban J connectivity index is 2.21. The number of carbonyl (C=O) groups is 1. The van der Waals surface area contributed by atoms with E-state index < -0.39 is 5.97 Å². The Labute approximate surface area is 144 Å². The fraction of sp³-hybridized carbons (Fsp3) is 0.333. The number of ether oxygens (including phenoxy) is 1. The van der Waals surface area contributed by atoms with Crippen LogP contribution in [0.1, 0.15) is 43.7 Å². The van der Waals surface area contributed by atoms with Crippen LogP contribution in [0, 0.1) is 0 Å². The molecule has 0 saturated carbocycles. The second-order valence-corrected chi connectivity index (χ2v) is 7.44. The first-order valence-electron chi connectivity index (χ1n) is 7.79. The molecule has 3 rings (SSSR count). The molecule has 0 radical (unpaired) electrons. The molecule has 0 amide bonds. The fourth-order valence-corrected chi connectivity index (χ4v) is 3.43. The summed E-state index contributed by atoms with van der Waals surface area (Å²) in [5, 5.41) is 11.1. The van der Waals surface area contributed by atoms with Crippen molar-refractivity contribution < 1.29 is 14.6 Å². The molecule has 126 valence electrons. The molecule has 1 aromatic carbocycles. The van der Waals surface area contributed by atoms with Gasteiger partial charge >= 0.3 is 5.97 Å². The number of aromatic nitrogens is 2. The number of carboxylic acids is 1. The number of carboxylic acid groups (broad SMARTS) is 1. The molecule has 0 bridgehead atoms. The van der Waals surface area contributed by atoms with Crippen molar-refractivity contribution in [2.75, 3.05) is 6.61 Å². The van der Waals surface area contributed by atoms with Gasteiger partial charge in [-0.1, -0.05) is 26.8 Å². The normalized spacial score (nSPS) is 11.8. The summed E-state index contributed by atoms with van der Waals surface area (Å²) < 4.78 is 7.60. The average Bonchev–Trinajstić information content (AvgIpc) is 3.07. The van der Waals surface area contributed by atoms with E-state index in [9.17, 15) is 4.79 Å². The topological polar surface area (TPSA) is 63.8 Å². The van der Waals surface area contributed by atoms with Gasteiger partial charge in [-0.3, -0.25) is 4.40 Å². The standard InChI is InChI=1S/C18H20N2O3S/c1-5-23-15-7-6-11(18(2,3)4)8-12(15)14-10-24-17-19-13(16(21)22)9-20(14)17/h6-10H,5H2,1-4H3,(H,21,22). The highest BCUT2D eigenvalue weighted by Gasteiger charge is 2.20. The van der Waals surface area contributed by atoms with Crippen LogP contribution >= 0.6 is 11.3 Å². The van der Waals surface area contributed by atoms with Crippen LogP contribution in [0.3, 0.4) is 0 Å². The first kappa shape index (κ1) is 16.5. The van der Waals surface area contributed by atoms with E-state index in [1.807, 2.05) is 22.8 Å². The van der Waals surface area contributed by atoms with Gasteiger partial charge in [-0.15, -0.1) is 11.3 Å². The van der Waals surface area contributed by atoms with Crippen molar-refractivity contribution in [2.45, 2.75) is 33.1 Å². The molecule has 3 aromatic rings. The van der Waals surface area contributed by atoms with Gasteiger partial charge in [0.1, 0.15) is 5.75 Å². The Morgan fingerprint density at radius 2 is 2.12 bits per heavy atom. The molecule has 1 N–H and O–H groups in total. The molecule has 6 heteroatoms. The van der Waals surface area contributed by atoms with E-state index in [0.717, 1.165) is 17.0 Å². The summed E-state index contributed by atoms with van der Waals surface area (Å²) in [5.74, 6) is -0.235. The molecule has 0 saturated heterocycles. The Morgan fingerprint density at radius 1 is 1.38 bits per heavy atom. The van der Waals surface area contributed by atoms with Gasteiger partial charge in [-0.2, -0.15) is 0 Å². The maximum Gasteiger partial charge on any atom is 0.356 e. The minimum Gasteiger partial charge on any atom is -0.493 e. The minimum atomic E-state index is -1.02. The second-order valence-electron chi connectivity index (χ2n) is 6.60. The maximum absolute atomic E-state index is 11.2. The van der Waals surface area contributed by atoms with Gasteiger partial charge in [0.2, 0.25) is 0 Å². The summed E-state index contributed by atoms with van der Waals surface area (Å²) in [6.07, 6.45) is 1.56. The Bertz CT molecular complexity index is 903. The van der Waals surface area contributed by atoms with Crippen LogP contribution in [-0.2, 0) is 5.41 Å². The molecule has 0 unspecified atom stereocenters. The van der Waals surface area contributed by atoms with Crippen molar-refractivity contribution in [3.63, 3.8) is 0 Å². The van der Waals surface area contributed by atoms with Crippen molar-refractivity contribution in [3.8, 4) is 17.0 Å². The monoisotopic (exact) mass is 344 g/mol. The average molecular weight is 344 g/mol. The third-order valence-electron chi connectivity index (χ3n) is 3.85. The highest BCUT2D eigenvalue weighted by atomic mass is 32.1. The lowest BCUT2D eigenvalue weighted by molar-refractivity contribution is 0.0691. The van der Waals surface area contributed by atoms with E-state index in [0.29, 0.717) is 11.6 Å². The van der Waals surface area contributed by atoms with E-state index in [2.05, 4.69) is 37.9 Å². The predicted molar refractivity (Wildman–Crippen MR) is 95.3 cm³/mol. The highest BCUT2D eigenvalue weighted by Crippen LogP contribution is 2.37. The summed E-state index contributed by atoms with van der Waals surface area (Å²) in [4.78, 5) is 16.0. The lowest BCUT2D eigenvalue weighted by Gasteiger charge is -2.21. The molecule has 2 aromatic heterocycles. The third kappa shape index (κ3) is 2.89. The number of thiazole rings is 1. The van der Waals surface area contributed by atoms with Crippen molar-refractivity contribution in [3.05, 3.63) is 41.0 Å². The summed E-state index contributed by atoms with van der Waals surface area (Å²) in [6.45, 7) is 9.00. The van der Waals surface area contributed by atoms with Crippen molar-refractivity contribution in [1.82, 2.24) is 9.38 Å². The lowest BCUT2D eigenvalue weighted by Crippen LogP contribution is -2.11. The van der Waals surface area contributed by atoms with Crippen molar-refractivity contribution in [1.29, 1.82) is 0 Å². The van der Waals surface area contributed by atoms with Crippen LogP contribution in [-0.4, -0.2) is 27.1 Å². The van der Waals surface area contributed by atoms with Gasteiger partial charge in [-0.25, -0.2) is 9.78 Å². The largest absolute Gasteiger partial charge is 0.493 e. The molecule has 0 aliphatic rings. The summed E-state index contributed by atoms with van der Waals surface area (Å²) >= 11 is 1.42. The van der Waals surface area contributed by atoms with E-state index >= 15 is 0 Å². The molecule has 0 atom stereocenters. The van der Waals surface area contributed by atoms with Gasteiger partial charge < -0.3 is 9.84 Å². The summed E-state index contributed by atoms with van der Waals surface area (Å²) in [7, 11) is 0. The molecule has 0 fully saturated rings. The number of hydrogen-bond acceptors (Lipinski definition) is 4. The van der Waals surface area contributed by atoms with E-state index in [-0.39, 0.29) is 11.1 Å². The molecular formula is C18H20N2O3S. The number of aromatic carboxylic acids is 1. The van der Waals surface area contributed by atoms with E-state index in [1.165, 1.54) is 16.9 Å². The van der Waals surface area contributed by atoms with Gasteiger partial charge in [-0.05, 0) is 30.0 Å². The molecule has 0 aliphatic heterocycles. The van der Waals surface area contributed by atoms with Crippen LogP contribution in [0.4, 0.5) is 0 Å². The van der Waals surface area contributed by atoms with Gasteiger partial charge in [0.05, 0.1) is 12.3 Å². The SMILES string of the molecule is CCOc1ccc(C(C)(C)C)cc1-c1csc2nc(C(=O)O)cn12. The van der Waals surface area contributed by atoms with Crippen LogP contribution < -0.4 is 4.74 Å². The lowest BCUT2D eigenvalue weighted by atomic mass is 9.86. The first-order chi connectivity index (χ1) is 11.3. The number of benzene rings is 1. The minimum absolute atomic E-state index is 0.00972. The van der Waals surface area contributed by atoms with Crippen LogP contribution in [0.25, 0.3) is 16.2 Å². The van der Waals surface area contributed by atoms with Crippen LogP contribution in [0.5, 0.6) is 5.75 Å². The quantitative estimate of drug-likeness (QED) is 0.759. The zero-order chi connectivity index (χ0) is 17.5. The molecule has 24 heavy (non-hydrogen) atoms. The zero-order valence-electron chi connectivity index (χ0n) is 14.2. The van der Waals surface area contributed by atoms with Gasteiger partial charge in [0, 0.05) is 17.1 Å². The first-order valence-corrected chi connectivity index (χ1v) is 8.67. The molecule has 5 nitrogen and oxygen atoms in total. The van der Waals surface area contributed by atoms with Gasteiger partial charge in [0.25, 0.3) is 0 Å². The molecule has 2 heterocycles. The second kappa shape index (κ2) is 5.94. The van der Waals surface area contributed by atoms with E-state index in [4.69, 9.17) is 9.84 Å². The van der Waals surface area contributed by atoms with Crippen LogP contribution in [0.15, 0.2) is 29.8 Å². The Hall–Kier alpha value is -2.34. The summed E-state index contributed by atoms with van der Waals surface area (Å²) in [5.41, 5.74) is 3.09. The Morgan fingerprint density at radius 3 is 2.75 bits per heavy atom. The highest BCUT2D eigenvalue weighted by molar-refractivity contribution is 7.15. The fourth-order valence-electron chi connectivity index (χ4n) is 2.56.